The molecule has 0 nitrogen and oxygen atoms in total. The highest BCUT2D eigenvalue weighted by Crippen LogP contribution is 2.10. The Morgan fingerprint density at radius 2 is 1.00 bits per heavy atom. The lowest BCUT2D eigenvalue weighted by molar-refractivity contribution is 1.50. The van der Waals surface area contributed by atoms with Crippen molar-refractivity contribution in [1.82, 2.24) is 0 Å². The molecule has 0 fully saturated rings. The Bertz CT molecular complexity index is 511. The second kappa shape index (κ2) is 7.45. The van der Waals surface area contributed by atoms with Crippen LogP contribution in [0.4, 0.5) is 0 Å². The molecule has 0 heteroatoms. The molecule has 0 spiro atoms. The van der Waals surface area contributed by atoms with E-state index in [1.165, 1.54) is 16.3 Å². The number of aryl methyl sites for hydroxylation is 1. The van der Waals surface area contributed by atoms with E-state index in [-0.39, 0.29) is 0 Å². The van der Waals surface area contributed by atoms with Gasteiger partial charge in [-0.1, -0.05) is 86.1 Å². The Hall–Kier alpha value is -1.82. The SMILES string of the molecule is CC.Cc1cccccc2ccccc2cc1. The molecule has 0 amide bonds. The fourth-order valence-corrected chi connectivity index (χ4v) is 1.52. The van der Waals surface area contributed by atoms with E-state index in [0.29, 0.717) is 0 Å². The van der Waals surface area contributed by atoms with Crippen LogP contribution < -0.4 is 0 Å². The monoisotopic (exact) mass is 224 g/mol. The van der Waals surface area contributed by atoms with Gasteiger partial charge in [-0.2, -0.15) is 0 Å². The van der Waals surface area contributed by atoms with Crippen LogP contribution in [-0.2, 0) is 0 Å². The molecule has 0 aliphatic carbocycles. The van der Waals surface area contributed by atoms with Crippen LogP contribution in [0.5, 0.6) is 0 Å². The van der Waals surface area contributed by atoms with Crippen LogP contribution in [0, 0.1) is 6.92 Å². The quantitative estimate of drug-likeness (QED) is 0.569. The maximum Gasteiger partial charge on any atom is -0.0184 e. The molecule has 88 valence electrons. The van der Waals surface area contributed by atoms with Crippen molar-refractivity contribution in [2.24, 2.45) is 0 Å². The van der Waals surface area contributed by atoms with Gasteiger partial charge in [0.1, 0.15) is 0 Å². The van der Waals surface area contributed by atoms with Gasteiger partial charge in [0.2, 0.25) is 0 Å². The first-order valence-corrected chi connectivity index (χ1v) is 6.15. The minimum atomic E-state index is 1.26. The lowest BCUT2D eigenvalue weighted by Gasteiger charge is -1.91. The van der Waals surface area contributed by atoms with Gasteiger partial charge in [0.05, 0.1) is 0 Å². The minimum absolute atomic E-state index is 1.26. The summed E-state index contributed by atoms with van der Waals surface area (Å²) in [5, 5.41) is 2.52. The van der Waals surface area contributed by atoms with Crippen LogP contribution in [0.1, 0.15) is 19.4 Å². The third-order valence-electron chi connectivity index (χ3n) is 2.38. The average molecular weight is 224 g/mol. The van der Waals surface area contributed by atoms with E-state index in [1.54, 1.807) is 0 Å². The molecule has 2 rings (SSSR count). The van der Waals surface area contributed by atoms with E-state index in [1.807, 2.05) is 13.8 Å². The molecule has 0 radical (unpaired) electrons. The van der Waals surface area contributed by atoms with Crippen molar-refractivity contribution in [3.63, 3.8) is 0 Å². The summed E-state index contributed by atoms with van der Waals surface area (Å²) in [6.45, 7) is 6.11. The fourth-order valence-electron chi connectivity index (χ4n) is 1.52. The van der Waals surface area contributed by atoms with E-state index in [0.717, 1.165) is 0 Å². The molecule has 0 N–H and O–H groups in total. The van der Waals surface area contributed by atoms with E-state index in [4.69, 9.17) is 0 Å². The zero-order chi connectivity index (χ0) is 12.5. The van der Waals surface area contributed by atoms with Crippen LogP contribution in [-0.4, -0.2) is 0 Å². The summed E-state index contributed by atoms with van der Waals surface area (Å²) in [5.41, 5.74) is 1.26. The second-order valence-electron chi connectivity index (χ2n) is 3.62. The molecule has 0 unspecified atom stereocenters. The predicted molar refractivity (Wildman–Crippen MR) is 77.7 cm³/mol. The van der Waals surface area contributed by atoms with Crippen molar-refractivity contribution in [3.8, 4) is 0 Å². The Morgan fingerprint density at radius 1 is 0.529 bits per heavy atom. The molecule has 17 heavy (non-hydrogen) atoms. The van der Waals surface area contributed by atoms with E-state index in [9.17, 15) is 0 Å². The van der Waals surface area contributed by atoms with Crippen LogP contribution in [0.15, 0.2) is 66.7 Å². The molecule has 0 heterocycles. The lowest BCUT2D eigenvalue weighted by Crippen LogP contribution is -1.67. The van der Waals surface area contributed by atoms with Crippen molar-refractivity contribution in [3.05, 3.63) is 72.3 Å². The van der Waals surface area contributed by atoms with Crippen molar-refractivity contribution in [2.45, 2.75) is 20.8 Å². The molecule has 0 atom stereocenters. The van der Waals surface area contributed by atoms with Crippen LogP contribution in [0.3, 0.4) is 0 Å². The summed E-state index contributed by atoms with van der Waals surface area (Å²) >= 11 is 0. The Labute approximate surface area is 104 Å². The van der Waals surface area contributed by atoms with Crippen molar-refractivity contribution >= 4 is 10.8 Å². The molecule has 0 aliphatic heterocycles. The molecular formula is C17H20. The highest BCUT2D eigenvalue weighted by atomic mass is 13.9. The first-order valence-electron chi connectivity index (χ1n) is 6.15. The molecule has 2 aromatic carbocycles. The zero-order valence-corrected chi connectivity index (χ0v) is 10.9. The van der Waals surface area contributed by atoms with E-state index >= 15 is 0 Å². The van der Waals surface area contributed by atoms with Gasteiger partial charge >= 0.3 is 0 Å². The molecule has 0 saturated heterocycles. The number of hydrogen-bond donors (Lipinski definition) is 0. The summed E-state index contributed by atoms with van der Waals surface area (Å²) < 4.78 is 0. The maximum absolute atomic E-state index is 2.16. The summed E-state index contributed by atoms with van der Waals surface area (Å²) in [6.07, 6.45) is 0. The van der Waals surface area contributed by atoms with E-state index in [2.05, 4.69) is 73.7 Å². The highest BCUT2D eigenvalue weighted by Gasteiger charge is 1.84. The largest absolute Gasteiger partial charge is 0.0683 e. The van der Waals surface area contributed by atoms with Crippen LogP contribution in [0.25, 0.3) is 10.8 Å². The van der Waals surface area contributed by atoms with Gasteiger partial charge in [0.15, 0.2) is 0 Å². The Balaban J connectivity index is 0.000000686. The molecular weight excluding hydrogens is 204 g/mol. The first kappa shape index (κ1) is 13.2. The van der Waals surface area contributed by atoms with Gasteiger partial charge in [-0.05, 0) is 17.7 Å². The fraction of sp³-hybridized carbons (Fsp3) is 0.176. The molecule has 0 saturated carbocycles. The summed E-state index contributed by atoms with van der Waals surface area (Å²) in [6, 6.07) is 23.1. The Morgan fingerprint density at radius 3 is 1.65 bits per heavy atom. The number of hydrogen-bond acceptors (Lipinski definition) is 0. The first-order chi connectivity index (χ1) is 8.36. The van der Waals surface area contributed by atoms with Gasteiger partial charge in [-0.3, -0.25) is 0 Å². The van der Waals surface area contributed by atoms with Gasteiger partial charge in [-0.15, -0.1) is 0 Å². The molecule has 0 bridgehead atoms. The topological polar surface area (TPSA) is 0 Å². The van der Waals surface area contributed by atoms with E-state index < -0.39 is 0 Å². The predicted octanol–water partition coefficient (Wildman–Crippen LogP) is 5.30. The standard InChI is InChI=1S/C15H14.C2H6/c1-13-7-3-2-4-8-14-9-5-6-10-15(14)12-11-13;1-2/h2-12H,1H3;1-2H3. The third-order valence-corrected chi connectivity index (χ3v) is 2.38. The van der Waals surface area contributed by atoms with Crippen LogP contribution in [0.2, 0.25) is 0 Å². The van der Waals surface area contributed by atoms with Gasteiger partial charge in [0.25, 0.3) is 0 Å². The molecule has 0 aromatic heterocycles. The van der Waals surface area contributed by atoms with Gasteiger partial charge in [-0.25, -0.2) is 0 Å². The smallest absolute Gasteiger partial charge is 0.0184 e. The number of fused-ring (bicyclic) bond motifs is 1. The second-order valence-corrected chi connectivity index (χ2v) is 3.62. The summed E-state index contributed by atoms with van der Waals surface area (Å²) in [7, 11) is 0. The van der Waals surface area contributed by atoms with Gasteiger partial charge in [0, 0.05) is 0 Å². The lowest BCUT2D eigenvalue weighted by atomic mass is 10.1. The van der Waals surface area contributed by atoms with Crippen molar-refractivity contribution < 1.29 is 0 Å². The number of rotatable bonds is 0. The normalized spacial score (nSPS) is 8.88. The summed E-state index contributed by atoms with van der Waals surface area (Å²) in [4.78, 5) is 0. The molecule has 2 aromatic rings. The summed E-state index contributed by atoms with van der Waals surface area (Å²) in [5.74, 6) is 0. The maximum atomic E-state index is 2.16. The van der Waals surface area contributed by atoms with Crippen molar-refractivity contribution in [1.29, 1.82) is 0 Å². The van der Waals surface area contributed by atoms with Crippen molar-refractivity contribution in [2.75, 3.05) is 0 Å². The minimum Gasteiger partial charge on any atom is -0.0683 e. The third kappa shape index (κ3) is 4.28. The van der Waals surface area contributed by atoms with Crippen LogP contribution >= 0.6 is 0 Å². The van der Waals surface area contributed by atoms with Gasteiger partial charge < -0.3 is 0 Å². The Kier molecular flexibility index (Phi) is 5.81. The zero-order valence-electron chi connectivity index (χ0n) is 10.9. The molecule has 0 aliphatic rings. The highest BCUT2D eigenvalue weighted by molar-refractivity contribution is 5.81. The number of benzene rings is 1. The average Bonchev–Trinajstić information content (AvgIpc) is 2.39.